The molecule has 0 saturated heterocycles. The molecule has 0 heterocycles. The molecule has 0 aromatic heterocycles. The lowest BCUT2D eigenvalue weighted by molar-refractivity contribution is 3.42. The van der Waals surface area contributed by atoms with Gasteiger partial charge in [0.1, 0.15) is 6.04 Å². The molecule has 0 aliphatic heterocycles. The minimum absolute atomic E-state index is 0.191. The van der Waals surface area contributed by atoms with Crippen LogP contribution in [0.3, 0.4) is 0 Å². The van der Waals surface area contributed by atoms with Crippen LogP contribution in [0.1, 0.15) is 0 Å². The van der Waals surface area contributed by atoms with Gasteiger partial charge in [-0.1, -0.05) is 0 Å². The first-order valence-corrected chi connectivity index (χ1v) is 45.8. The lowest BCUT2D eigenvalue weighted by Gasteiger charge is -2.47. The van der Waals surface area contributed by atoms with E-state index in [9.17, 15) is 0 Å². The maximum atomic E-state index is 3.24. The molecule has 0 bridgehead atoms. The zero-order valence-corrected chi connectivity index (χ0v) is 45.0. The largest absolute Gasteiger partial charge is 0.175 e. The van der Waals surface area contributed by atoms with Gasteiger partial charge < -0.3 is 0 Å². The van der Waals surface area contributed by atoms with Gasteiger partial charge in [-0.05, 0) is 0 Å². The van der Waals surface area contributed by atoms with Crippen molar-refractivity contribution in [1.29, 1.82) is 0 Å². The van der Waals surface area contributed by atoms with Crippen molar-refractivity contribution in [3.63, 3.8) is 0 Å². The Balaban J connectivity index is 7.45. The molecule has 0 aromatic carbocycles. The molecule has 0 amide bonds. The van der Waals surface area contributed by atoms with Gasteiger partial charge in [-0.25, -0.2) is 0 Å². The van der Waals surface area contributed by atoms with Crippen molar-refractivity contribution in [3.8, 4) is 0 Å². The van der Waals surface area contributed by atoms with Crippen LogP contribution in [-0.4, -0.2) is 49.4 Å². The summed E-state index contributed by atoms with van der Waals surface area (Å²) in [6, 6.07) is 3.26. The van der Waals surface area contributed by atoms with Crippen molar-refractivity contribution >= 4 is 260 Å². The molecule has 184 valence electrons. The normalized spacial score (nSPS) is 12.4. The monoisotopic (exact) mass is 898 g/mol. The Morgan fingerprint density at radius 2 is 0.667 bits per heavy atom. The Labute approximate surface area is 257 Å². The second-order valence-electron chi connectivity index (χ2n) is 7.29. The SMILES string of the molecule is PPB(B(B(P)P)B(B(B(P(P)P)P(P)P)B(P(P)P)P(P)P)B(P(P)P)P(P)P)P(P)P. The van der Waals surface area contributed by atoms with Crippen molar-refractivity contribution in [2.24, 2.45) is 0 Å². The molecule has 33 heavy (non-hydrogen) atoms. The third kappa shape index (κ3) is 15.4. The Kier molecular flexibility index (Phi) is 31.6. The van der Waals surface area contributed by atoms with Crippen molar-refractivity contribution in [3.05, 3.63) is 0 Å². The average Bonchev–Trinajstić information content (AvgIpc) is 2.61. The van der Waals surface area contributed by atoms with E-state index >= 15 is 0 Å². The summed E-state index contributed by atoms with van der Waals surface area (Å²) in [7, 11) is 54.0. The van der Waals surface area contributed by atoms with Crippen LogP contribution in [0.5, 0.6) is 0 Å². The van der Waals surface area contributed by atoms with Crippen LogP contribution >= 0.6 is 211 Å². The highest BCUT2D eigenvalue weighted by Crippen LogP contribution is 2.79. The molecular weight excluding hydrogens is 861 g/mol. The summed E-state index contributed by atoms with van der Waals surface area (Å²) >= 11 is 0. The van der Waals surface area contributed by atoms with E-state index in [-0.39, 0.29) is 50.2 Å². The number of hydrogen-bond acceptors (Lipinski definition) is 0. The minimum Gasteiger partial charge on any atom is -0.175 e. The van der Waals surface area contributed by atoms with Crippen molar-refractivity contribution in [2.75, 3.05) is 0 Å². The summed E-state index contributed by atoms with van der Waals surface area (Å²) in [5.41, 5.74) is 0. The fourth-order valence-electron chi connectivity index (χ4n) is 3.93. The highest BCUT2D eigenvalue weighted by atomic mass is 32.5. The molecule has 0 aliphatic rings. The zero-order chi connectivity index (χ0) is 26.4. The average molecular weight is 896 g/mol. The highest BCUT2D eigenvalue weighted by molar-refractivity contribution is 8.87. The van der Waals surface area contributed by atoms with Gasteiger partial charge in [0.25, 0.3) is 0 Å². The van der Waals surface area contributed by atoms with Crippen LogP contribution in [0.4, 0.5) is 0 Å². The first-order chi connectivity index (χ1) is 15.0. The standard InChI is InChI=1S/B8H35P25/c9-4(10)2(5(26-11)27(12)13)1(6(28(14)15)29(16)17)3(7(30(18)19)31(20)21)8(32(22)23)33(24)25/h26H,9-25H2. The third-order valence-electron chi connectivity index (χ3n) is 5.06. The maximum absolute atomic E-state index is 3.24. The highest BCUT2D eigenvalue weighted by Gasteiger charge is 2.58. The zero-order valence-electron chi connectivity index (χ0n) is 18.1. The summed E-state index contributed by atoms with van der Waals surface area (Å²) in [5, 5.41) is 0. The Hall–Kier alpha value is 11.3. The molecule has 0 saturated carbocycles. The first-order valence-electron chi connectivity index (χ1n) is 9.00. The molecule has 0 radical (unpaired) electrons. The van der Waals surface area contributed by atoms with Crippen molar-refractivity contribution in [1.82, 2.24) is 0 Å². The van der Waals surface area contributed by atoms with Crippen LogP contribution in [0.25, 0.3) is 0 Å². The van der Waals surface area contributed by atoms with Crippen LogP contribution < -0.4 is 0 Å². The van der Waals surface area contributed by atoms with Crippen LogP contribution in [0.2, 0.25) is 0 Å². The van der Waals surface area contributed by atoms with Gasteiger partial charge >= 0.3 is 0 Å². The predicted octanol–water partition coefficient (Wildman–Crippen LogP) is 9.11. The van der Waals surface area contributed by atoms with Gasteiger partial charge in [-0.3, -0.25) is 0 Å². The van der Waals surface area contributed by atoms with E-state index in [4.69, 9.17) is 0 Å². The second-order valence-corrected chi connectivity index (χ2v) is 61.0. The Bertz CT molecular complexity index is 475. The maximum Gasteiger partial charge on any atom is 0.172 e. The van der Waals surface area contributed by atoms with Crippen LogP contribution in [0.15, 0.2) is 0 Å². The fraction of sp³-hybridized carbons (Fsp3) is 0. The molecule has 0 nitrogen and oxygen atoms in total. The third-order valence-corrected chi connectivity index (χ3v) is 45.8. The van der Waals surface area contributed by atoms with E-state index in [0.717, 1.165) is 8.15 Å². The second kappa shape index (κ2) is 23.6. The first kappa shape index (κ1) is 44.3. The van der Waals surface area contributed by atoms with E-state index in [1.807, 2.05) is 0 Å². The predicted molar refractivity (Wildman–Crippen MR) is 268 cm³/mol. The molecule has 0 fully saturated rings. The number of rotatable bonds is 15. The summed E-state index contributed by atoms with van der Waals surface area (Å²) in [6.07, 6.45) is 1.96. The molecule has 18 atom stereocenters. The molecule has 33 heteroatoms. The van der Waals surface area contributed by atoms with Gasteiger partial charge in [0.2, 0.25) is 0 Å². The summed E-state index contributed by atoms with van der Waals surface area (Å²) in [5.74, 6) is 0. The smallest absolute Gasteiger partial charge is 0.172 e. The lowest BCUT2D eigenvalue weighted by atomic mass is 8.65. The quantitative estimate of drug-likeness (QED) is 0.114. The molecule has 0 rings (SSSR count). The van der Waals surface area contributed by atoms with Gasteiger partial charge in [0, 0.05) is 6.39 Å². The van der Waals surface area contributed by atoms with Crippen molar-refractivity contribution in [2.45, 2.75) is 0 Å². The lowest BCUT2D eigenvalue weighted by Crippen LogP contribution is -2.71. The summed E-state index contributed by atoms with van der Waals surface area (Å²) in [6.45, 7) is 0. The molecule has 0 aliphatic carbocycles. The van der Waals surface area contributed by atoms with E-state index in [0.29, 0.717) is 49.4 Å². The van der Waals surface area contributed by atoms with E-state index in [1.54, 1.807) is 0 Å². The van der Waals surface area contributed by atoms with Crippen molar-refractivity contribution < 1.29 is 0 Å². The van der Waals surface area contributed by atoms with Gasteiger partial charge in [0.05, 0.1) is 12.8 Å². The van der Waals surface area contributed by atoms with Gasteiger partial charge in [0.15, 0.2) is 24.2 Å². The van der Waals surface area contributed by atoms with E-state index < -0.39 is 0 Å². The van der Waals surface area contributed by atoms with Gasteiger partial charge in [-0.15, -0.1) is 192 Å². The van der Waals surface area contributed by atoms with Gasteiger partial charge in [-0.2, -0.15) is 18.2 Å². The Morgan fingerprint density at radius 1 is 0.394 bits per heavy atom. The summed E-state index contributed by atoms with van der Waals surface area (Å²) in [4.78, 5) is 0. The molecular formula is H35B8P25. The fourth-order valence-corrected chi connectivity index (χ4v) is 65.2. The van der Waals surface area contributed by atoms with E-state index in [1.165, 1.54) is 0 Å². The molecule has 0 spiro atoms. The minimum atomic E-state index is -0.242. The van der Waals surface area contributed by atoms with Crippen LogP contribution in [0, 0.1) is 0 Å². The molecule has 0 aromatic rings. The number of hydrogen-bond donors (Lipinski definition) is 0. The summed E-state index contributed by atoms with van der Waals surface area (Å²) < 4.78 is 0. The van der Waals surface area contributed by atoms with E-state index in [2.05, 4.69) is 152 Å². The molecule has 0 N–H and O–H groups in total. The molecule has 18 unspecified atom stereocenters. The topological polar surface area (TPSA) is 0 Å². The Morgan fingerprint density at radius 3 is 0.848 bits per heavy atom. The van der Waals surface area contributed by atoms with Crippen LogP contribution in [-0.2, 0) is 0 Å².